The smallest absolute Gasteiger partial charge is 0.240 e. The van der Waals surface area contributed by atoms with Crippen LogP contribution < -0.4 is 4.72 Å². The second-order valence-corrected chi connectivity index (χ2v) is 7.72. The molecule has 0 amide bonds. The van der Waals surface area contributed by atoms with Crippen molar-refractivity contribution in [2.75, 3.05) is 0 Å². The molecule has 4 nitrogen and oxygen atoms in total. The van der Waals surface area contributed by atoms with Crippen LogP contribution in [0.2, 0.25) is 5.02 Å². The van der Waals surface area contributed by atoms with E-state index >= 15 is 0 Å². The number of rotatable bonds is 4. The van der Waals surface area contributed by atoms with Crippen LogP contribution in [0.25, 0.3) is 10.9 Å². The molecule has 1 N–H and O–H groups in total. The minimum atomic E-state index is -3.58. The highest BCUT2D eigenvalue weighted by Gasteiger charge is 2.14. The zero-order chi connectivity index (χ0) is 16.6. The minimum absolute atomic E-state index is 0.168. The summed E-state index contributed by atoms with van der Waals surface area (Å²) in [7, 11) is -1.56. The topological polar surface area (TPSA) is 51.1 Å². The van der Waals surface area contributed by atoms with Crippen LogP contribution in [-0.4, -0.2) is 13.0 Å². The molecule has 0 aliphatic carbocycles. The summed E-state index contributed by atoms with van der Waals surface area (Å²) in [5.74, 6) is 0. The van der Waals surface area contributed by atoms with Gasteiger partial charge in [0.15, 0.2) is 0 Å². The van der Waals surface area contributed by atoms with Crippen molar-refractivity contribution in [2.24, 2.45) is 7.05 Å². The zero-order valence-corrected chi connectivity index (χ0v) is 14.4. The lowest BCUT2D eigenvalue weighted by Gasteiger charge is -2.08. The van der Waals surface area contributed by atoms with E-state index in [0.717, 1.165) is 22.2 Å². The highest BCUT2D eigenvalue weighted by Crippen LogP contribution is 2.20. The van der Waals surface area contributed by atoms with Gasteiger partial charge >= 0.3 is 0 Å². The molecule has 0 fully saturated rings. The number of aromatic nitrogens is 1. The summed E-state index contributed by atoms with van der Waals surface area (Å²) in [4.78, 5) is 0.168. The van der Waals surface area contributed by atoms with E-state index in [4.69, 9.17) is 11.6 Å². The van der Waals surface area contributed by atoms with Crippen LogP contribution >= 0.6 is 11.6 Å². The first-order valence-corrected chi connectivity index (χ1v) is 9.03. The summed E-state index contributed by atoms with van der Waals surface area (Å²) in [6, 6.07) is 14.3. The lowest BCUT2D eigenvalue weighted by molar-refractivity contribution is 0.581. The predicted octanol–water partition coefficient (Wildman–Crippen LogP) is 3.62. The average molecular weight is 349 g/mol. The molecule has 0 aliphatic heterocycles. The van der Waals surface area contributed by atoms with Gasteiger partial charge < -0.3 is 4.57 Å². The Labute approximate surface area is 140 Å². The summed E-state index contributed by atoms with van der Waals surface area (Å²) in [6.07, 6.45) is 0. The van der Waals surface area contributed by atoms with Crippen molar-refractivity contribution >= 4 is 32.5 Å². The number of fused-ring (bicyclic) bond motifs is 1. The molecule has 0 radical (unpaired) electrons. The number of nitrogens with one attached hydrogen (secondary N) is 1. The third kappa shape index (κ3) is 3.27. The number of halogens is 1. The van der Waals surface area contributed by atoms with E-state index in [0.29, 0.717) is 5.02 Å². The SMILES string of the molecule is Cc1cc2cc(CNS(=O)(=O)c3cccc(Cl)c3)ccc2n1C. The molecule has 2 aromatic carbocycles. The maximum Gasteiger partial charge on any atom is 0.240 e. The minimum Gasteiger partial charge on any atom is -0.348 e. The summed E-state index contributed by atoms with van der Waals surface area (Å²) >= 11 is 5.86. The molecule has 3 rings (SSSR count). The van der Waals surface area contributed by atoms with Gasteiger partial charge in [-0.2, -0.15) is 0 Å². The molecule has 1 aromatic heterocycles. The van der Waals surface area contributed by atoms with Gasteiger partial charge in [0.25, 0.3) is 0 Å². The molecular weight excluding hydrogens is 332 g/mol. The molecule has 0 saturated carbocycles. The van der Waals surface area contributed by atoms with Crippen LogP contribution in [0.5, 0.6) is 0 Å². The van der Waals surface area contributed by atoms with Crippen LogP contribution in [0, 0.1) is 6.92 Å². The average Bonchev–Trinajstić information content (AvgIpc) is 2.80. The van der Waals surface area contributed by atoms with E-state index in [2.05, 4.69) is 15.4 Å². The van der Waals surface area contributed by atoms with Crippen LogP contribution in [0.4, 0.5) is 0 Å². The summed E-state index contributed by atoms with van der Waals surface area (Å²) in [5.41, 5.74) is 3.20. The van der Waals surface area contributed by atoms with Crippen molar-refractivity contribution in [1.29, 1.82) is 0 Å². The van der Waals surface area contributed by atoms with Gasteiger partial charge in [0, 0.05) is 35.2 Å². The highest BCUT2D eigenvalue weighted by atomic mass is 35.5. The van der Waals surface area contributed by atoms with Crippen LogP contribution in [0.1, 0.15) is 11.3 Å². The lowest BCUT2D eigenvalue weighted by Crippen LogP contribution is -2.23. The Morgan fingerprint density at radius 1 is 1.13 bits per heavy atom. The Morgan fingerprint density at radius 2 is 1.91 bits per heavy atom. The molecule has 23 heavy (non-hydrogen) atoms. The van der Waals surface area contributed by atoms with Crippen molar-refractivity contribution in [3.63, 3.8) is 0 Å². The van der Waals surface area contributed by atoms with Gasteiger partial charge in [-0.1, -0.05) is 23.7 Å². The maximum absolute atomic E-state index is 12.3. The van der Waals surface area contributed by atoms with E-state index < -0.39 is 10.0 Å². The fourth-order valence-electron chi connectivity index (χ4n) is 2.54. The number of benzene rings is 2. The Morgan fingerprint density at radius 3 is 2.65 bits per heavy atom. The normalized spacial score (nSPS) is 12.0. The number of sulfonamides is 1. The monoisotopic (exact) mass is 348 g/mol. The van der Waals surface area contributed by atoms with Crippen molar-refractivity contribution in [3.8, 4) is 0 Å². The van der Waals surface area contributed by atoms with Crippen molar-refractivity contribution in [1.82, 2.24) is 9.29 Å². The lowest BCUT2D eigenvalue weighted by atomic mass is 10.1. The zero-order valence-electron chi connectivity index (χ0n) is 12.9. The number of hydrogen-bond donors (Lipinski definition) is 1. The summed E-state index contributed by atoms with van der Waals surface area (Å²) < 4.78 is 29.3. The van der Waals surface area contributed by atoms with Gasteiger partial charge in [-0.15, -0.1) is 0 Å². The molecular formula is C17H17ClN2O2S. The highest BCUT2D eigenvalue weighted by molar-refractivity contribution is 7.89. The first-order valence-electron chi connectivity index (χ1n) is 7.17. The molecule has 0 aliphatic rings. The van der Waals surface area contributed by atoms with E-state index in [1.807, 2.05) is 32.2 Å². The molecule has 3 aromatic rings. The standard InChI is InChI=1S/C17H17ClN2O2S/c1-12-8-14-9-13(6-7-17(14)20(12)2)11-19-23(21,22)16-5-3-4-15(18)10-16/h3-10,19H,11H2,1-2H3. The van der Waals surface area contributed by atoms with E-state index in [1.165, 1.54) is 12.1 Å². The first-order chi connectivity index (χ1) is 10.9. The van der Waals surface area contributed by atoms with E-state index in [1.54, 1.807) is 12.1 Å². The fraction of sp³-hybridized carbons (Fsp3) is 0.176. The van der Waals surface area contributed by atoms with Crippen molar-refractivity contribution in [3.05, 3.63) is 64.8 Å². The van der Waals surface area contributed by atoms with Gasteiger partial charge in [-0.3, -0.25) is 0 Å². The first kappa shape index (κ1) is 16.1. The Hall–Kier alpha value is -1.82. The van der Waals surface area contributed by atoms with Gasteiger partial charge in [0.05, 0.1) is 4.90 Å². The Balaban J connectivity index is 1.82. The second-order valence-electron chi connectivity index (χ2n) is 5.52. The summed E-state index contributed by atoms with van der Waals surface area (Å²) in [6.45, 7) is 2.28. The molecule has 0 spiro atoms. The molecule has 0 unspecified atom stereocenters. The van der Waals surface area contributed by atoms with Gasteiger partial charge in [0.2, 0.25) is 10.0 Å². The molecule has 0 bridgehead atoms. The van der Waals surface area contributed by atoms with Crippen LogP contribution in [-0.2, 0) is 23.6 Å². The van der Waals surface area contributed by atoms with Gasteiger partial charge in [-0.05, 0) is 48.9 Å². The number of hydrogen-bond acceptors (Lipinski definition) is 2. The third-order valence-corrected chi connectivity index (χ3v) is 5.55. The van der Waals surface area contributed by atoms with Crippen molar-refractivity contribution < 1.29 is 8.42 Å². The van der Waals surface area contributed by atoms with Crippen LogP contribution in [0.15, 0.2) is 53.4 Å². The second kappa shape index (κ2) is 6.00. The molecule has 1 heterocycles. The van der Waals surface area contributed by atoms with E-state index in [-0.39, 0.29) is 11.4 Å². The molecule has 0 saturated heterocycles. The summed E-state index contributed by atoms with van der Waals surface area (Å²) in [5, 5.41) is 1.50. The molecule has 120 valence electrons. The Kier molecular flexibility index (Phi) is 4.19. The van der Waals surface area contributed by atoms with E-state index in [9.17, 15) is 8.42 Å². The maximum atomic E-state index is 12.3. The fourth-order valence-corrected chi connectivity index (χ4v) is 3.86. The molecule has 0 atom stereocenters. The van der Waals surface area contributed by atoms with Gasteiger partial charge in [0.1, 0.15) is 0 Å². The third-order valence-electron chi connectivity index (χ3n) is 3.92. The largest absolute Gasteiger partial charge is 0.348 e. The van der Waals surface area contributed by atoms with Gasteiger partial charge in [-0.25, -0.2) is 13.1 Å². The predicted molar refractivity (Wildman–Crippen MR) is 93.1 cm³/mol. The molecule has 6 heteroatoms. The number of nitrogens with zero attached hydrogens (tertiary/aromatic N) is 1. The quantitative estimate of drug-likeness (QED) is 0.783. The van der Waals surface area contributed by atoms with Crippen LogP contribution in [0.3, 0.4) is 0 Å². The van der Waals surface area contributed by atoms with Crippen molar-refractivity contribution in [2.45, 2.75) is 18.4 Å². The Bertz CT molecular complexity index is 977. The number of aryl methyl sites for hydroxylation is 2.